The molecule has 1 amide bonds. The third-order valence-corrected chi connectivity index (χ3v) is 5.11. The summed E-state index contributed by atoms with van der Waals surface area (Å²) >= 11 is 6.20. The number of carbonyl (C=O) groups excluding carboxylic acids is 1. The van der Waals surface area contributed by atoms with E-state index in [0.29, 0.717) is 34.4 Å². The van der Waals surface area contributed by atoms with Gasteiger partial charge in [-0.15, -0.1) is 5.10 Å². The van der Waals surface area contributed by atoms with Gasteiger partial charge in [-0.25, -0.2) is 10.1 Å². The molecule has 3 N–H and O–H groups in total. The Hall–Kier alpha value is -4.45. The Kier molecular flexibility index (Phi) is 7.21. The second kappa shape index (κ2) is 10.7. The van der Waals surface area contributed by atoms with Crippen molar-refractivity contribution in [1.29, 1.82) is 0 Å². The molecule has 0 aliphatic rings. The van der Waals surface area contributed by atoms with Gasteiger partial charge in [0.2, 0.25) is 11.6 Å². The summed E-state index contributed by atoms with van der Waals surface area (Å²) in [4.78, 5) is 12.7. The normalized spacial score (nSPS) is 11.1. The minimum atomic E-state index is -0.573. The van der Waals surface area contributed by atoms with E-state index in [9.17, 15) is 4.79 Å². The lowest BCUT2D eigenvalue weighted by Crippen LogP contribution is -2.22. The molecule has 13 heteroatoms. The van der Waals surface area contributed by atoms with E-state index in [1.165, 1.54) is 6.21 Å². The molecule has 0 spiro atoms. The number of aryl methyl sites for hydroxylation is 1. The maximum Gasteiger partial charge on any atom is 0.292 e. The van der Waals surface area contributed by atoms with Gasteiger partial charge in [0.25, 0.3) is 5.91 Å². The zero-order chi connectivity index (χ0) is 24.8. The molecular weight excluding hydrogens is 476 g/mol. The number of nitrogens with one attached hydrogen (secondary N) is 1. The van der Waals surface area contributed by atoms with Crippen molar-refractivity contribution in [2.45, 2.75) is 20.5 Å². The van der Waals surface area contributed by atoms with Crippen molar-refractivity contribution in [2.75, 3.05) is 12.3 Å². The molecule has 0 fully saturated rings. The minimum absolute atomic E-state index is 0.0345. The molecule has 0 saturated carbocycles. The van der Waals surface area contributed by atoms with Gasteiger partial charge in [-0.2, -0.15) is 9.78 Å². The summed E-state index contributed by atoms with van der Waals surface area (Å²) in [7, 11) is 0. The number of benzene rings is 2. The van der Waals surface area contributed by atoms with Crippen LogP contribution in [0.5, 0.6) is 11.5 Å². The highest BCUT2D eigenvalue weighted by atomic mass is 35.5. The first-order valence-electron chi connectivity index (χ1n) is 10.4. The number of nitrogens with zero attached hydrogens (tertiary/aromatic N) is 6. The zero-order valence-corrected chi connectivity index (χ0v) is 19.6. The Labute approximate surface area is 204 Å². The Morgan fingerprint density at radius 1 is 1.23 bits per heavy atom. The Balaban J connectivity index is 1.46. The molecule has 4 aromatic rings. The predicted octanol–water partition coefficient (Wildman–Crippen LogP) is 2.94. The van der Waals surface area contributed by atoms with Crippen LogP contribution in [0, 0.1) is 6.92 Å². The predicted molar refractivity (Wildman–Crippen MR) is 127 cm³/mol. The average Bonchev–Trinajstić information content (AvgIpc) is 3.44. The van der Waals surface area contributed by atoms with Gasteiger partial charge >= 0.3 is 0 Å². The molecule has 0 radical (unpaired) electrons. The zero-order valence-electron chi connectivity index (χ0n) is 18.8. The lowest BCUT2D eigenvalue weighted by molar-refractivity contribution is 0.0946. The van der Waals surface area contributed by atoms with Crippen molar-refractivity contribution in [3.05, 3.63) is 70.0 Å². The molecule has 2 aromatic carbocycles. The number of hydrogen-bond acceptors (Lipinski definition) is 10. The Bertz CT molecular complexity index is 1370. The standard InChI is InChI=1S/C22H21ClN8O4/c1-3-33-18-10-14(8-9-17(18)34-12-15-6-4-5-7-16(15)23)11-25-27-22(32)19-13(2)26-30-31(19)21-20(24)28-35-29-21/h4-11H,3,12H2,1-2H3,(H2,24,28)(H,27,32). The van der Waals surface area contributed by atoms with Crippen molar-refractivity contribution in [1.82, 2.24) is 30.7 Å². The van der Waals surface area contributed by atoms with Gasteiger partial charge < -0.3 is 15.2 Å². The summed E-state index contributed by atoms with van der Waals surface area (Å²) in [6.45, 7) is 4.21. The van der Waals surface area contributed by atoms with Crippen molar-refractivity contribution in [3.8, 4) is 17.3 Å². The van der Waals surface area contributed by atoms with Gasteiger partial charge in [0.1, 0.15) is 6.61 Å². The molecule has 35 heavy (non-hydrogen) atoms. The Morgan fingerprint density at radius 2 is 2.06 bits per heavy atom. The number of aromatic nitrogens is 5. The number of amides is 1. The topological polar surface area (TPSA) is 156 Å². The fraction of sp³-hybridized carbons (Fsp3) is 0.182. The largest absolute Gasteiger partial charge is 0.490 e. The molecule has 0 bridgehead atoms. The monoisotopic (exact) mass is 496 g/mol. The summed E-state index contributed by atoms with van der Waals surface area (Å²) < 4.78 is 17.3. The molecule has 0 saturated heterocycles. The molecule has 2 aromatic heterocycles. The van der Waals surface area contributed by atoms with Crippen LogP contribution in [0.3, 0.4) is 0 Å². The molecule has 0 unspecified atom stereocenters. The van der Waals surface area contributed by atoms with Crippen LogP contribution in [0.4, 0.5) is 5.82 Å². The molecule has 0 aliphatic carbocycles. The van der Waals surface area contributed by atoms with E-state index in [-0.39, 0.29) is 23.9 Å². The summed E-state index contributed by atoms with van der Waals surface area (Å²) in [5.41, 5.74) is 10.1. The highest BCUT2D eigenvalue weighted by Gasteiger charge is 2.22. The number of nitrogens with two attached hydrogens (primary N) is 1. The quantitative estimate of drug-likeness (QED) is 0.262. The van der Waals surface area contributed by atoms with Crippen molar-refractivity contribution >= 4 is 29.5 Å². The summed E-state index contributed by atoms with van der Waals surface area (Å²) in [6, 6.07) is 12.7. The number of nitrogen functional groups attached to an aromatic ring is 1. The molecule has 0 atom stereocenters. The van der Waals surface area contributed by atoms with Gasteiger partial charge in [-0.3, -0.25) is 4.79 Å². The molecule has 2 heterocycles. The van der Waals surface area contributed by atoms with Crippen LogP contribution < -0.4 is 20.6 Å². The van der Waals surface area contributed by atoms with E-state index >= 15 is 0 Å². The van der Waals surface area contributed by atoms with Crippen LogP contribution in [-0.4, -0.2) is 44.0 Å². The summed E-state index contributed by atoms with van der Waals surface area (Å²) in [6.07, 6.45) is 1.47. The van der Waals surface area contributed by atoms with E-state index < -0.39 is 5.91 Å². The van der Waals surface area contributed by atoms with E-state index in [0.717, 1.165) is 10.2 Å². The van der Waals surface area contributed by atoms with Crippen LogP contribution in [0.15, 0.2) is 52.2 Å². The first kappa shape index (κ1) is 23.7. The van der Waals surface area contributed by atoms with Gasteiger partial charge in [0.05, 0.1) is 18.5 Å². The summed E-state index contributed by atoms with van der Waals surface area (Å²) in [5.74, 6) is 0.524. The van der Waals surface area contributed by atoms with Gasteiger partial charge in [-0.1, -0.05) is 35.0 Å². The summed E-state index contributed by atoms with van der Waals surface area (Å²) in [5, 5.41) is 19.5. The van der Waals surface area contributed by atoms with Gasteiger partial charge in [-0.05, 0) is 54.0 Å². The second-order valence-electron chi connectivity index (χ2n) is 7.13. The highest BCUT2D eigenvalue weighted by molar-refractivity contribution is 6.31. The smallest absolute Gasteiger partial charge is 0.292 e. The van der Waals surface area contributed by atoms with Gasteiger partial charge in [0.15, 0.2) is 17.2 Å². The van der Waals surface area contributed by atoms with Crippen LogP contribution in [0.2, 0.25) is 5.02 Å². The number of ether oxygens (including phenoxy) is 2. The van der Waals surface area contributed by atoms with Crippen molar-refractivity contribution in [3.63, 3.8) is 0 Å². The van der Waals surface area contributed by atoms with Crippen LogP contribution in [-0.2, 0) is 6.61 Å². The van der Waals surface area contributed by atoms with E-state index in [1.54, 1.807) is 31.2 Å². The number of hydrazone groups is 1. The van der Waals surface area contributed by atoms with Crippen molar-refractivity contribution < 1.29 is 18.9 Å². The molecule has 180 valence electrons. The highest BCUT2D eigenvalue weighted by Crippen LogP contribution is 2.29. The minimum Gasteiger partial charge on any atom is -0.490 e. The van der Waals surface area contributed by atoms with E-state index in [2.05, 4.69) is 35.8 Å². The maximum absolute atomic E-state index is 12.7. The fourth-order valence-electron chi connectivity index (χ4n) is 3.09. The van der Waals surface area contributed by atoms with Gasteiger partial charge in [0, 0.05) is 10.6 Å². The number of hydrogen-bond donors (Lipinski definition) is 2. The maximum atomic E-state index is 12.7. The van der Waals surface area contributed by atoms with E-state index in [1.807, 2.05) is 25.1 Å². The number of carbonyl (C=O) groups is 1. The first-order chi connectivity index (χ1) is 17.0. The average molecular weight is 497 g/mol. The van der Waals surface area contributed by atoms with Crippen LogP contribution in [0.1, 0.15) is 34.2 Å². The lowest BCUT2D eigenvalue weighted by Gasteiger charge is -2.13. The molecule has 4 rings (SSSR count). The van der Waals surface area contributed by atoms with Crippen LogP contribution in [0.25, 0.3) is 5.82 Å². The second-order valence-corrected chi connectivity index (χ2v) is 7.53. The number of halogens is 1. The SMILES string of the molecule is CCOc1cc(C=NNC(=O)c2c(C)nnn2-c2nonc2N)ccc1OCc1ccccc1Cl. The molecule has 0 aliphatic heterocycles. The third kappa shape index (κ3) is 5.38. The fourth-order valence-corrected chi connectivity index (χ4v) is 3.28. The molecular formula is C22H21ClN8O4. The van der Waals surface area contributed by atoms with Crippen LogP contribution >= 0.6 is 11.6 Å². The number of rotatable bonds is 9. The van der Waals surface area contributed by atoms with E-state index in [4.69, 9.17) is 26.8 Å². The first-order valence-corrected chi connectivity index (χ1v) is 10.8. The van der Waals surface area contributed by atoms with Crippen molar-refractivity contribution in [2.24, 2.45) is 5.10 Å². The Morgan fingerprint density at radius 3 is 2.80 bits per heavy atom. The number of anilines is 1. The molecule has 12 nitrogen and oxygen atoms in total. The third-order valence-electron chi connectivity index (χ3n) is 4.74. The lowest BCUT2D eigenvalue weighted by atomic mass is 10.2.